The quantitative estimate of drug-likeness (QED) is 0.365. The Morgan fingerprint density at radius 3 is 1.98 bits per heavy atom. The van der Waals surface area contributed by atoms with Crippen LogP contribution in [0.15, 0.2) is 30.3 Å². The molecule has 1 aromatic carbocycles. The molecule has 0 unspecified atom stereocenters. The van der Waals surface area contributed by atoms with Gasteiger partial charge in [-0.15, -0.1) is 0 Å². The highest BCUT2D eigenvalue weighted by molar-refractivity contribution is 5.89. The van der Waals surface area contributed by atoms with Crippen LogP contribution >= 0.6 is 0 Å². The second kappa shape index (κ2) is 11.0. The summed E-state index contributed by atoms with van der Waals surface area (Å²) < 4.78 is 36.2. The van der Waals surface area contributed by atoms with Crippen molar-refractivity contribution >= 4 is 29.8 Å². The summed E-state index contributed by atoms with van der Waals surface area (Å²) in [7, 11) is 0. The standard InChI is InChI=1S/C30H38O12/c1-16(31)37-15-29-21(38-17(2)32)13-14-28(7,36)30(29)24(40-19(4)34)22(27(5,6)42-30)23(39-18(3)33)25(29)41-26(35)20-11-9-8-10-12-20/h8-12,21-25,36H,13-15H2,1-7H3/t21-,22+,23-,24+,25+,28-,29-,30-/m0/s1. The van der Waals surface area contributed by atoms with Crippen LogP contribution in [0.4, 0.5) is 0 Å². The highest BCUT2D eigenvalue weighted by Crippen LogP contribution is 2.69. The van der Waals surface area contributed by atoms with E-state index in [9.17, 15) is 29.1 Å². The minimum Gasteiger partial charge on any atom is -0.465 e. The van der Waals surface area contributed by atoms with Crippen LogP contribution in [-0.4, -0.2) is 82.8 Å². The molecule has 1 aromatic rings. The van der Waals surface area contributed by atoms with Gasteiger partial charge in [0, 0.05) is 27.7 Å². The van der Waals surface area contributed by atoms with E-state index in [1.54, 1.807) is 32.0 Å². The van der Waals surface area contributed by atoms with Gasteiger partial charge in [0.15, 0.2) is 11.7 Å². The molecule has 1 heterocycles. The van der Waals surface area contributed by atoms with Crippen molar-refractivity contribution in [3.63, 3.8) is 0 Å². The number of ether oxygens (including phenoxy) is 6. The van der Waals surface area contributed by atoms with Crippen molar-refractivity contribution in [1.82, 2.24) is 0 Å². The number of hydrogen-bond donors (Lipinski definition) is 1. The first-order chi connectivity index (χ1) is 19.5. The smallest absolute Gasteiger partial charge is 0.338 e. The van der Waals surface area contributed by atoms with Gasteiger partial charge in [-0.1, -0.05) is 18.2 Å². The molecule has 0 radical (unpaired) electrons. The number of fused-ring (bicyclic) bond motifs is 1. The number of benzene rings is 1. The van der Waals surface area contributed by atoms with Crippen molar-refractivity contribution in [1.29, 1.82) is 0 Å². The lowest BCUT2D eigenvalue weighted by Crippen LogP contribution is -2.83. The van der Waals surface area contributed by atoms with Gasteiger partial charge in [-0.05, 0) is 45.7 Å². The minimum atomic E-state index is -1.98. The molecule has 230 valence electrons. The van der Waals surface area contributed by atoms with Crippen molar-refractivity contribution in [3.8, 4) is 0 Å². The molecule has 3 fully saturated rings. The molecule has 1 saturated heterocycles. The summed E-state index contributed by atoms with van der Waals surface area (Å²) in [6.45, 7) is 8.90. The lowest BCUT2D eigenvalue weighted by Gasteiger charge is -2.65. The van der Waals surface area contributed by atoms with Crippen molar-refractivity contribution < 1.29 is 57.5 Å². The van der Waals surface area contributed by atoms with Crippen molar-refractivity contribution in [2.24, 2.45) is 11.3 Å². The lowest BCUT2D eigenvalue weighted by atomic mass is 9.46. The molecular formula is C30H38O12. The number of hydrogen-bond acceptors (Lipinski definition) is 12. The molecular weight excluding hydrogens is 552 g/mol. The zero-order chi connectivity index (χ0) is 31.3. The first-order valence-electron chi connectivity index (χ1n) is 13.8. The molecule has 3 aliphatic rings. The van der Waals surface area contributed by atoms with E-state index in [1.807, 2.05) is 0 Å². The maximum Gasteiger partial charge on any atom is 0.338 e. The fourth-order valence-corrected chi connectivity index (χ4v) is 7.43. The summed E-state index contributed by atoms with van der Waals surface area (Å²) in [6, 6.07) is 8.04. The Morgan fingerprint density at radius 1 is 0.833 bits per heavy atom. The normalized spacial score (nSPS) is 36.1. The van der Waals surface area contributed by atoms with Gasteiger partial charge in [0.2, 0.25) is 0 Å². The highest BCUT2D eigenvalue weighted by Gasteiger charge is 2.87. The van der Waals surface area contributed by atoms with Gasteiger partial charge in [-0.3, -0.25) is 19.2 Å². The van der Waals surface area contributed by atoms with Crippen LogP contribution in [0.25, 0.3) is 0 Å². The Kier molecular flexibility index (Phi) is 8.20. The average Bonchev–Trinajstić information content (AvgIpc) is 3.07. The largest absolute Gasteiger partial charge is 0.465 e. The maximum absolute atomic E-state index is 13.7. The Hall–Kier alpha value is -3.51. The first-order valence-corrected chi connectivity index (χ1v) is 13.8. The molecule has 42 heavy (non-hydrogen) atoms. The molecule has 12 nitrogen and oxygen atoms in total. The number of aliphatic hydroxyl groups is 1. The molecule has 8 atom stereocenters. The van der Waals surface area contributed by atoms with E-state index in [2.05, 4.69) is 0 Å². The van der Waals surface area contributed by atoms with Crippen LogP contribution < -0.4 is 0 Å². The van der Waals surface area contributed by atoms with Crippen LogP contribution in [-0.2, 0) is 47.6 Å². The minimum absolute atomic E-state index is 0.00488. The van der Waals surface area contributed by atoms with E-state index in [4.69, 9.17) is 28.4 Å². The molecule has 2 aliphatic carbocycles. The number of carbonyl (C=O) groups excluding carboxylic acids is 5. The van der Waals surface area contributed by atoms with E-state index in [0.717, 1.165) is 6.92 Å². The zero-order valence-corrected chi connectivity index (χ0v) is 24.8. The van der Waals surface area contributed by atoms with E-state index in [1.165, 1.54) is 39.8 Å². The summed E-state index contributed by atoms with van der Waals surface area (Å²) in [5.74, 6) is -4.70. The summed E-state index contributed by atoms with van der Waals surface area (Å²) in [5, 5.41) is 12.2. The molecule has 0 amide bonds. The number of rotatable bonds is 7. The Morgan fingerprint density at radius 2 is 1.43 bits per heavy atom. The fourth-order valence-electron chi connectivity index (χ4n) is 7.43. The Balaban J connectivity index is 2.10. The van der Waals surface area contributed by atoms with E-state index in [0.29, 0.717) is 0 Å². The van der Waals surface area contributed by atoms with Gasteiger partial charge in [-0.2, -0.15) is 0 Å². The molecule has 0 aromatic heterocycles. The van der Waals surface area contributed by atoms with Crippen molar-refractivity contribution in [3.05, 3.63) is 35.9 Å². The lowest BCUT2D eigenvalue weighted by molar-refractivity contribution is -0.348. The Bertz CT molecular complexity index is 1260. The predicted octanol–water partition coefficient (Wildman–Crippen LogP) is 2.28. The maximum atomic E-state index is 13.7. The summed E-state index contributed by atoms with van der Waals surface area (Å²) in [6.07, 6.45) is -5.37. The fraction of sp³-hybridized carbons (Fsp3) is 0.633. The molecule has 2 bridgehead atoms. The van der Waals surface area contributed by atoms with E-state index in [-0.39, 0.29) is 18.4 Å². The average molecular weight is 591 g/mol. The van der Waals surface area contributed by atoms with Crippen LogP contribution in [0.2, 0.25) is 0 Å². The van der Waals surface area contributed by atoms with Gasteiger partial charge in [-0.25, -0.2) is 4.79 Å². The van der Waals surface area contributed by atoms with E-state index >= 15 is 0 Å². The van der Waals surface area contributed by atoms with Crippen molar-refractivity contribution in [2.75, 3.05) is 6.61 Å². The van der Waals surface area contributed by atoms with Crippen molar-refractivity contribution in [2.45, 2.75) is 103 Å². The third-order valence-electron chi connectivity index (χ3n) is 8.73. The van der Waals surface area contributed by atoms with Gasteiger partial charge in [0.25, 0.3) is 0 Å². The van der Waals surface area contributed by atoms with Crippen LogP contribution in [0.3, 0.4) is 0 Å². The topological polar surface area (TPSA) is 161 Å². The highest BCUT2D eigenvalue weighted by atomic mass is 16.6. The summed E-state index contributed by atoms with van der Waals surface area (Å²) >= 11 is 0. The molecule has 1 spiro atoms. The molecule has 1 aliphatic heterocycles. The second-order valence-electron chi connectivity index (χ2n) is 12.0. The van der Waals surface area contributed by atoms with Gasteiger partial charge in [0.05, 0.1) is 22.7 Å². The van der Waals surface area contributed by atoms with Gasteiger partial charge >= 0.3 is 29.8 Å². The SMILES string of the molecule is CC(=O)OC[C@@]12[C@@H](OC(C)=O)CC[C@](C)(O)[C@]13OC(C)(C)[C@H]([C@H](OC(C)=O)[C@H]2OC(=O)c1ccccc1)[C@H]3OC(C)=O. The summed E-state index contributed by atoms with van der Waals surface area (Å²) in [5.41, 5.74) is -6.85. The number of esters is 5. The van der Waals surface area contributed by atoms with E-state index < -0.39 is 89.0 Å². The second-order valence-corrected chi connectivity index (χ2v) is 12.0. The van der Waals surface area contributed by atoms with Crippen LogP contribution in [0, 0.1) is 11.3 Å². The summed E-state index contributed by atoms with van der Waals surface area (Å²) in [4.78, 5) is 63.7. The third-order valence-corrected chi connectivity index (χ3v) is 8.73. The number of carbonyl (C=O) groups is 5. The van der Waals surface area contributed by atoms with Gasteiger partial charge < -0.3 is 33.5 Å². The first kappa shape index (κ1) is 31.4. The van der Waals surface area contributed by atoms with Gasteiger partial charge in [0.1, 0.15) is 30.3 Å². The molecule has 2 saturated carbocycles. The molecule has 12 heteroatoms. The monoisotopic (exact) mass is 590 g/mol. The molecule has 1 N–H and O–H groups in total. The van der Waals surface area contributed by atoms with Crippen LogP contribution in [0.5, 0.6) is 0 Å². The molecule has 4 rings (SSSR count). The predicted molar refractivity (Wildman–Crippen MR) is 143 cm³/mol. The zero-order valence-electron chi connectivity index (χ0n) is 24.8. The third kappa shape index (κ3) is 4.94. The van der Waals surface area contributed by atoms with Crippen LogP contribution in [0.1, 0.15) is 71.7 Å². The Labute approximate surface area is 243 Å².